The average Bonchev–Trinajstić information content (AvgIpc) is 3.47. The molecule has 0 saturated carbocycles. The molecule has 7 nitrogen and oxygen atoms in total. The maximum Gasteiger partial charge on any atom is 0.222 e. The van der Waals surface area contributed by atoms with Crippen molar-refractivity contribution in [3.8, 4) is 5.75 Å². The summed E-state index contributed by atoms with van der Waals surface area (Å²) in [5, 5.41) is 14.0. The number of carbonyl (C=O) groups excluding carboxylic acids is 1. The number of benzene rings is 3. The molecular formula is C31H34F2N2O5. The van der Waals surface area contributed by atoms with Crippen molar-refractivity contribution in [1.29, 1.82) is 0 Å². The van der Waals surface area contributed by atoms with Gasteiger partial charge in [0.1, 0.15) is 29.6 Å². The van der Waals surface area contributed by atoms with Gasteiger partial charge in [0.15, 0.2) is 0 Å². The Morgan fingerprint density at radius 2 is 1.50 bits per heavy atom. The summed E-state index contributed by atoms with van der Waals surface area (Å²) in [6.07, 6.45) is -1.81. The van der Waals surface area contributed by atoms with Crippen LogP contribution < -0.4 is 10.1 Å². The van der Waals surface area contributed by atoms with Crippen molar-refractivity contribution in [3.05, 3.63) is 101 Å². The van der Waals surface area contributed by atoms with Crippen LogP contribution in [0.4, 0.5) is 8.78 Å². The van der Waals surface area contributed by atoms with E-state index < -0.39 is 18.3 Å². The van der Waals surface area contributed by atoms with Gasteiger partial charge in [-0.2, -0.15) is 0 Å². The molecule has 2 aliphatic rings. The molecule has 2 heterocycles. The lowest BCUT2D eigenvalue weighted by Gasteiger charge is -2.28. The minimum absolute atomic E-state index is 0.128. The molecule has 2 aliphatic heterocycles. The highest BCUT2D eigenvalue weighted by Crippen LogP contribution is 2.36. The highest BCUT2D eigenvalue weighted by Gasteiger charge is 2.50. The van der Waals surface area contributed by atoms with Crippen LogP contribution in [0.3, 0.4) is 0 Å². The molecule has 3 aromatic rings. The Labute approximate surface area is 232 Å². The predicted molar refractivity (Wildman–Crippen MR) is 144 cm³/mol. The summed E-state index contributed by atoms with van der Waals surface area (Å²) in [6, 6.07) is 20.0. The second-order valence-electron chi connectivity index (χ2n) is 10.4. The number of amides is 1. The Morgan fingerprint density at radius 1 is 0.925 bits per heavy atom. The van der Waals surface area contributed by atoms with Crippen molar-refractivity contribution in [2.24, 2.45) is 0 Å². The van der Waals surface area contributed by atoms with E-state index in [1.807, 2.05) is 24.3 Å². The molecule has 3 aromatic carbocycles. The zero-order valence-corrected chi connectivity index (χ0v) is 22.3. The van der Waals surface area contributed by atoms with Crippen LogP contribution in [0.5, 0.6) is 5.75 Å². The number of hydrogen-bond donors (Lipinski definition) is 2. The van der Waals surface area contributed by atoms with Crippen LogP contribution >= 0.6 is 0 Å². The summed E-state index contributed by atoms with van der Waals surface area (Å²) in [6.45, 7) is 1.80. The second kappa shape index (κ2) is 12.9. The lowest BCUT2D eigenvalue weighted by molar-refractivity contribution is -0.125. The Morgan fingerprint density at radius 3 is 2.05 bits per heavy atom. The van der Waals surface area contributed by atoms with Gasteiger partial charge in [-0.05, 0) is 53.1 Å². The second-order valence-corrected chi connectivity index (χ2v) is 10.4. The zero-order valence-electron chi connectivity index (χ0n) is 22.3. The van der Waals surface area contributed by atoms with Gasteiger partial charge in [-0.3, -0.25) is 9.69 Å². The maximum absolute atomic E-state index is 13.4. The van der Waals surface area contributed by atoms with Crippen LogP contribution in [0, 0.1) is 11.6 Å². The smallest absolute Gasteiger partial charge is 0.222 e. The van der Waals surface area contributed by atoms with Crippen LogP contribution in [0.25, 0.3) is 0 Å². The summed E-state index contributed by atoms with van der Waals surface area (Å²) in [4.78, 5) is 14.6. The molecule has 0 aromatic heterocycles. The van der Waals surface area contributed by atoms with Crippen molar-refractivity contribution in [3.63, 3.8) is 0 Å². The van der Waals surface area contributed by atoms with Crippen LogP contribution in [0.15, 0.2) is 72.8 Å². The molecule has 5 rings (SSSR count). The Kier molecular flexibility index (Phi) is 9.06. The van der Waals surface area contributed by atoms with Gasteiger partial charge in [0, 0.05) is 32.6 Å². The van der Waals surface area contributed by atoms with Crippen molar-refractivity contribution in [2.45, 2.75) is 63.0 Å². The van der Waals surface area contributed by atoms with Gasteiger partial charge in [0.2, 0.25) is 5.91 Å². The third-order valence-electron chi connectivity index (χ3n) is 7.42. The predicted octanol–water partition coefficient (Wildman–Crippen LogP) is 3.97. The molecule has 0 radical (unpaired) electrons. The highest BCUT2D eigenvalue weighted by molar-refractivity contribution is 5.76. The third-order valence-corrected chi connectivity index (χ3v) is 7.42. The van der Waals surface area contributed by atoms with Crippen LogP contribution in [0.1, 0.15) is 29.5 Å². The number of nitrogens with one attached hydrogen (secondary N) is 1. The van der Waals surface area contributed by atoms with Crippen molar-refractivity contribution in [2.75, 3.05) is 13.7 Å². The number of ether oxygens (including phenoxy) is 3. The monoisotopic (exact) mass is 552 g/mol. The number of nitrogens with zero attached hydrogens (tertiary/aromatic N) is 1. The number of halogens is 2. The molecule has 2 fully saturated rings. The Hall–Kier alpha value is -3.37. The molecule has 0 aliphatic carbocycles. The van der Waals surface area contributed by atoms with Crippen molar-refractivity contribution in [1.82, 2.24) is 10.2 Å². The van der Waals surface area contributed by atoms with Gasteiger partial charge in [-0.15, -0.1) is 0 Å². The fourth-order valence-electron chi connectivity index (χ4n) is 5.35. The Bertz CT molecular complexity index is 1210. The molecule has 0 bridgehead atoms. The van der Waals surface area contributed by atoms with Crippen molar-refractivity contribution >= 4 is 5.91 Å². The standard InChI is InChI=1S/C31H34F2N2O5/c1-38-25-12-6-20(7-13-25)16-34-29(36)15-26-14-27-31(39-26)30(37)28(40-27)19-35(17-21-2-8-23(32)9-3-21)18-22-4-10-24(33)11-5-22/h2-13,26-28,30-31,37H,14-19H2,1H3,(H,34,36). The molecule has 212 valence electrons. The summed E-state index contributed by atoms with van der Waals surface area (Å²) < 4.78 is 44.3. The van der Waals surface area contributed by atoms with Gasteiger partial charge in [0.05, 0.1) is 31.8 Å². The summed E-state index contributed by atoms with van der Waals surface area (Å²) >= 11 is 0. The highest BCUT2D eigenvalue weighted by atomic mass is 19.1. The molecule has 9 heteroatoms. The van der Waals surface area contributed by atoms with E-state index in [-0.39, 0.29) is 36.2 Å². The van der Waals surface area contributed by atoms with E-state index in [1.165, 1.54) is 24.3 Å². The molecular weight excluding hydrogens is 518 g/mol. The van der Waals surface area contributed by atoms with Gasteiger partial charge >= 0.3 is 0 Å². The molecule has 2 saturated heterocycles. The molecule has 5 unspecified atom stereocenters. The van der Waals surface area contributed by atoms with Gasteiger partial charge in [-0.1, -0.05) is 36.4 Å². The summed E-state index contributed by atoms with van der Waals surface area (Å²) in [5.74, 6) is 0.0121. The molecule has 40 heavy (non-hydrogen) atoms. The Balaban J connectivity index is 1.14. The average molecular weight is 553 g/mol. The molecule has 1 amide bonds. The molecule has 2 N–H and O–H groups in total. The lowest BCUT2D eigenvalue weighted by Crippen LogP contribution is -2.40. The number of aliphatic hydroxyl groups is 1. The number of carbonyl (C=O) groups is 1. The van der Waals surface area contributed by atoms with Gasteiger partial charge in [-0.25, -0.2) is 8.78 Å². The molecule has 5 atom stereocenters. The summed E-state index contributed by atoms with van der Waals surface area (Å²) in [5.41, 5.74) is 2.78. The van der Waals surface area contributed by atoms with Crippen LogP contribution in [0.2, 0.25) is 0 Å². The van der Waals surface area contributed by atoms with E-state index in [1.54, 1.807) is 31.4 Å². The van der Waals surface area contributed by atoms with E-state index in [0.717, 1.165) is 22.4 Å². The van der Waals surface area contributed by atoms with Gasteiger partial charge in [0.25, 0.3) is 0 Å². The van der Waals surface area contributed by atoms with E-state index in [4.69, 9.17) is 14.2 Å². The van der Waals surface area contributed by atoms with Crippen molar-refractivity contribution < 1.29 is 32.9 Å². The topological polar surface area (TPSA) is 80.3 Å². The molecule has 0 spiro atoms. The minimum Gasteiger partial charge on any atom is -0.497 e. The van der Waals surface area contributed by atoms with E-state index in [9.17, 15) is 18.7 Å². The number of rotatable bonds is 11. The zero-order chi connectivity index (χ0) is 28.1. The van der Waals surface area contributed by atoms with E-state index in [0.29, 0.717) is 32.6 Å². The number of hydrogen-bond acceptors (Lipinski definition) is 6. The van der Waals surface area contributed by atoms with Crippen LogP contribution in [-0.4, -0.2) is 60.1 Å². The number of methoxy groups -OCH3 is 1. The largest absolute Gasteiger partial charge is 0.497 e. The van der Waals surface area contributed by atoms with E-state index in [2.05, 4.69) is 10.2 Å². The summed E-state index contributed by atoms with van der Waals surface area (Å²) in [7, 11) is 1.61. The third kappa shape index (κ3) is 7.22. The van der Waals surface area contributed by atoms with E-state index >= 15 is 0 Å². The first kappa shape index (κ1) is 28.2. The van der Waals surface area contributed by atoms with Crippen LogP contribution in [-0.2, 0) is 33.9 Å². The normalized spacial score (nSPS) is 23.8. The first-order valence-electron chi connectivity index (χ1n) is 13.5. The number of fused-ring (bicyclic) bond motifs is 1. The lowest BCUT2D eigenvalue weighted by atomic mass is 10.1. The fourth-order valence-corrected chi connectivity index (χ4v) is 5.35. The SMILES string of the molecule is COc1ccc(CNC(=O)CC2CC3OC(CN(Cc4ccc(F)cc4)Cc4ccc(F)cc4)C(O)C3O2)cc1. The first-order chi connectivity index (χ1) is 19.4. The van der Waals surface area contributed by atoms with Gasteiger partial charge < -0.3 is 24.6 Å². The maximum atomic E-state index is 13.4. The number of aliphatic hydroxyl groups excluding tert-OH is 1. The first-order valence-corrected chi connectivity index (χ1v) is 13.5. The minimum atomic E-state index is -0.860. The fraction of sp³-hybridized carbons (Fsp3) is 0.387. The quantitative estimate of drug-likeness (QED) is 0.375.